The molecule has 3 N–H and O–H groups in total. The van der Waals surface area contributed by atoms with E-state index in [0.29, 0.717) is 6.54 Å². The molecule has 3 rings (SSSR count). The van der Waals surface area contributed by atoms with Crippen LogP contribution < -0.4 is 10.6 Å². The molecule has 2 aromatic carbocycles. The summed E-state index contributed by atoms with van der Waals surface area (Å²) in [5.41, 5.74) is 2.01. The number of amides is 2. The fraction of sp³-hybridized carbons (Fsp3) is 0.263. The number of hydrogen-bond donors (Lipinski definition) is 3. The fourth-order valence-electron chi connectivity index (χ4n) is 2.95. The second-order valence-electron chi connectivity index (χ2n) is 6.25. The SMILES string of the molecule is O=C(NCc1ccc(C(=O)O)cc1)NC1CC(c2cccc(F)c2)C1. The molecule has 130 valence electrons. The van der Waals surface area contributed by atoms with Crippen LogP contribution in [0.1, 0.15) is 40.2 Å². The normalized spacial score (nSPS) is 18.9. The number of halogens is 1. The van der Waals surface area contributed by atoms with Crippen molar-refractivity contribution in [2.24, 2.45) is 0 Å². The van der Waals surface area contributed by atoms with Crippen LogP contribution in [0.25, 0.3) is 0 Å². The van der Waals surface area contributed by atoms with Crippen LogP contribution in [0.3, 0.4) is 0 Å². The summed E-state index contributed by atoms with van der Waals surface area (Å²) in [5, 5.41) is 14.5. The van der Waals surface area contributed by atoms with Crippen molar-refractivity contribution < 1.29 is 19.1 Å². The summed E-state index contributed by atoms with van der Waals surface area (Å²) >= 11 is 0. The van der Waals surface area contributed by atoms with Gasteiger partial charge in [0.2, 0.25) is 0 Å². The van der Waals surface area contributed by atoms with Gasteiger partial charge in [0.05, 0.1) is 5.56 Å². The third-order valence-electron chi connectivity index (χ3n) is 4.45. The van der Waals surface area contributed by atoms with E-state index in [1.54, 1.807) is 24.3 Å². The van der Waals surface area contributed by atoms with E-state index in [0.717, 1.165) is 24.0 Å². The number of nitrogens with one attached hydrogen (secondary N) is 2. The van der Waals surface area contributed by atoms with Crippen LogP contribution in [-0.2, 0) is 6.54 Å². The van der Waals surface area contributed by atoms with Gasteiger partial charge in [-0.15, -0.1) is 0 Å². The maximum absolute atomic E-state index is 13.2. The first-order chi connectivity index (χ1) is 12.0. The third-order valence-corrected chi connectivity index (χ3v) is 4.45. The van der Waals surface area contributed by atoms with Crippen molar-refractivity contribution in [1.29, 1.82) is 0 Å². The van der Waals surface area contributed by atoms with E-state index in [-0.39, 0.29) is 29.4 Å². The van der Waals surface area contributed by atoms with Gasteiger partial charge in [-0.05, 0) is 54.2 Å². The molecule has 2 aromatic rings. The average molecular weight is 342 g/mol. The molecule has 25 heavy (non-hydrogen) atoms. The number of rotatable bonds is 5. The molecule has 5 nitrogen and oxygen atoms in total. The quantitative estimate of drug-likeness (QED) is 0.780. The van der Waals surface area contributed by atoms with Crippen LogP contribution in [-0.4, -0.2) is 23.1 Å². The van der Waals surface area contributed by atoms with Gasteiger partial charge >= 0.3 is 12.0 Å². The van der Waals surface area contributed by atoms with Crippen molar-refractivity contribution in [3.05, 3.63) is 71.0 Å². The van der Waals surface area contributed by atoms with Crippen molar-refractivity contribution in [2.45, 2.75) is 31.3 Å². The van der Waals surface area contributed by atoms with Crippen molar-refractivity contribution in [2.75, 3.05) is 0 Å². The lowest BCUT2D eigenvalue weighted by molar-refractivity contribution is 0.0697. The Kier molecular flexibility index (Phi) is 4.97. The van der Waals surface area contributed by atoms with E-state index in [1.165, 1.54) is 18.2 Å². The van der Waals surface area contributed by atoms with Crippen molar-refractivity contribution in [1.82, 2.24) is 10.6 Å². The molecule has 0 unspecified atom stereocenters. The van der Waals surface area contributed by atoms with Crippen LogP contribution in [0.4, 0.5) is 9.18 Å². The van der Waals surface area contributed by atoms with Gasteiger partial charge in [0.15, 0.2) is 0 Å². The molecule has 0 aromatic heterocycles. The lowest BCUT2D eigenvalue weighted by atomic mass is 9.76. The molecular formula is C19H19FN2O3. The van der Waals surface area contributed by atoms with E-state index in [4.69, 9.17) is 5.11 Å². The maximum Gasteiger partial charge on any atom is 0.335 e. The van der Waals surface area contributed by atoms with Crippen LogP contribution in [0.15, 0.2) is 48.5 Å². The number of carbonyl (C=O) groups is 2. The monoisotopic (exact) mass is 342 g/mol. The largest absolute Gasteiger partial charge is 0.478 e. The predicted molar refractivity (Wildman–Crippen MR) is 90.9 cm³/mol. The highest BCUT2D eigenvalue weighted by molar-refractivity contribution is 5.87. The van der Waals surface area contributed by atoms with Gasteiger partial charge < -0.3 is 15.7 Å². The second kappa shape index (κ2) is 7.34. The lowest BCUT2D eigenvalue weighted by Gasteiger charge is -2.36. The van der Waals surface area contributed by atoms with Crippen molar-refractivity contribution in [3.8, 4) is 0 Å². The Hall–Kier alpha value is -2.89. The number of carbonyl (C=O) groups excluding carboxylic acids is 1. The number of hydrogen-bond acceptors (Lipinski definition) is 2. The first kappa shape index (κ1) is 17.0. The molecule has 1 aliphatic rings. The Morgan fingerprint density at radius 1 is 1.12 bits per heavy atom. The molecule has 0 saturated heterocycles. The summed E-state index contributed by atoms with van der Waals surface area (Å²) in [7, 11) is 0. The zero-order valence-corrected chi connectivity index (χ0v) is 13.5. The molecular weight excluding hydrogens is 323 g/mol. The van der Waals surface area contributed by atoms with Crippen LogP contribution in [0, 0.1) is 5.82 Å². The Morgan fingerprint density at radius 2 is 1.84 bits per heavy atom. The number of carboxylic acid groups (broad SMARTS) is 1. The van der Waals surface area contributed by atoms with Crippen molar-refractivity contribution in [3.63, 3.8) is 0 Å². The third kappa shape index (κ3) is 4.35. The van der Waals surface area contributed by atoms with E-state index in [1.807, 2.05) is 6.07 Å². The minimum atomic E-state index is -0.977. The second-order valence-corrected chi connectivity index (χ2v) is 6.25. The summed E-state index contributed by atoms with van der Waals surface area (Å²) in [4.78, 5) is 22.7. The predicted octanol–water partition coefficient (Wildman–Crippen LogP) is 3.27. The molecule has 0 heterocycles. The molecule has 0 aliphatic heterocycles. The van der Waals surface area contributed by atoms with Gasteiger partial charge in [-0.1, -0.05) is 24.3 Å². The molecule has 0 spiro atoms. The van der Waals surface area contributed by atoms with Crippen LogP contribution >= 0.6 is 0 Å². The maximum atomic E-state index is 13.2. The zero-order valence-electron chi connectivity index (χ0n) is 13.5. The molecule has 1 saturated carbocycles. The standard InChI is InChI=1S/C19H19FN2O3/c20-16-3-1-2-14(8-16)15-9-17(10-15)22-19(25)21-11-12-4-6-13(7-5-12)18(23)24/h1-8,15,17H,9-11H2,(H,23,24)(H2,21,22,25). The smallest absolute Gasteiger partial charge is 0.335 e. The Morgan fingerprint density at radius 3 is 2.48 bits per heavy atom. The Bertz CT molecular complexity index is 770. The van der Waals surface area contributed by atoms with Crippen LogP contribution in [0.5, 0.6) is 0 Å². The average Bonchev–Trinajstić information content (AvgIpc) is 2.56. The van der Waals surface area contributed by atoms with E-state index in [2.05, 4.69) is 10.6 Å². The Labute approximate surface area is 144 Å². The number of urea groups is 1. The molecule has 0 bridgehead atoms. The van der Waals surface area contributed by atoms with Gasteiger partial charge in [-0.2, -0.15) is 0 Å². The highest BCUT2D eigenvalue weighted by Gasteiger charge is 2.31. The topological polar surface area (TPSA) is 78.4 Å². The first-order valence-corrected chi connectivity index (χ1v) is 8.13. The van der Waals surface area contributed by atoms with Gasteiger partial charge in [0.25, 0.3) is 0 Å². The highest BCUT2D eigenvalue weighted by atomic mass is 19.1. The van der Waals surface area contributed by atoms with Crippen LogP contribution in [0.2, 0.25) is 0 Å². The van der Waals surface area contributed by atoms with Gasteiger partial charge in [-0.3, -0.25) is 0 Å². The molecule has 2 amide bonds. The highest BCUT2D eigenvalue weighted by Crippen LogP contribution is 2.36. The van der Waals surface area contributed by atoms with E-state index < -0.39 is 5.97 Å². The number of benzene rings is 2. The molecule has 1 aliphatic carbocycles. The number of carboxylic acids is 1. The lowest BCUT2D eigenvalue weighted by Crippen LogP contribution is -2.47. The van der Waals surface area contributed by atoms with Gasteiger partial charge in [0, 0.05) is 12.6 Å². The summed E-state index contributed by atoms with van der Waals surface area (Å²) in [6.45, 7) is 0.325. The fourth-order valence-corrected chi connectivity index (χ4v) is 2.95. The zero-order chi connectivity index (χ0) is 17.8. The molecule has 6 heteroatoms. The molecule has 0 radical (unpaired) electrons. The Balaban J connectivity index is 1.41. The minimum Gasteiger partial charge on any atom is -0.478 e. The molecule has 1 fully saturated rings. The molecule has 0 atom stereocenters. The minimum absolute atomic E-state index is 0.0858. The summed E-state index contributed by atoms with van der Waals surface area (Å²) in [5.74, 6) is -0.930. The summed E-state index contributed by atoms with van der Waals surface area (Å²) < 4.78 is 13.2. The van der Waals surface area contributed by atoms with E-state index in [9.17, 15) is 14.0 Å². The summed E-state index contributed by atoms with van der Waals surface area (Å²) in [6, 6.07) is 12.8. The first-order valence-electron chi connectivity index (χ1n) is 8.13. The van der Waals surface area contributed by atoms with E-state index >= 15 is 0 Å². The van der Waals surface area contributed by atoms with Gasteiger partial charge in [0.1, 0.15) is 5.82 Å². The van der Waals surface area contributed by atoms with Gasteiger partial charge in [-0.25, -0.2) is 14.0 Å². The summed E-state index contributed by atoms with van der Waals surface area (Å²) in [6.07, 6.45) is 1.59. The van der Waals surface area contributed by atoms with Crippen molar-refractivity contribution >= 4 is 12.0 Å². The number of aromatic carboxylic acids is 1.